The fraction of sp³-hybridized carbons (Fsp3) is 0.667. The van der Waals surface area contributed by atoms with Crippen LogP contribution in [0.5, 0.6) is 0 Å². The third kappa shape index (κ3) is 3.58. The minimum Gasteiger partial charge on any atom is -0.329 e. The Morgan fingerprint density at radius 3 is 2.69 bits per heavy atom. The van der Waals surface area contributed by atoms with Crippen LogP contribution in [0.25, 0.3) is 0 Å². The first-order chi connectivity index (χ1) is 7.45. The number of nitrogens with zero attached hydrogens (tertiary/aromatic N) is 2. The first-order valence-corrected chi connectivity index (χ1v) is 6.69. The summed E-state index contributed by atoms with van der Waals surface area (Å²) >= 11 is 0. The first-order valence-electron chi connectivity index (χ1n) is 5.14. The van der Waals surface area contributed by atoms with Gasteiger partial charge in [-0.25, -0.2) is 13.1 Å². The summed E-state index contributed by atoms with van der Waals surface area (Å²) in [6.07, 6.45) is 3.45. The zero-order valence-electron chi connectivity index (χ0n) is 9.50. The summed E-state index contributed by atoms with van der Waals surface area (Å²) in [6.45, 7) is 4.00. The number of nitrogens with two attached hydrogens (primary N) is 1. The van der Waals surface area contributed by atoms with Crippen molar-refractivity contribution >= 4 is 10.0 Å². The maximum atomic E-state index is 11.7. The number of hydrogen-bond donors (Lipinski definition) is 2. The minimum atomic E-state index is -3.33. The maximum Gasteiger partial charge on any atom is 0.215 e. The van der Waals surface area contributed by atoms with Crippen LogP contribution in [0.15, 0.2) is 18.5 Å². The highest BCUT2D eigenvalue weighted by molar-refractivity contribution is 7.90. The normalized spacial score (nSPS) is 15.9. The Morgan fingerprint density at radius 1 is 1.50 bits per heavy atom. The van der Waals surface area contributed by atoms with E-state index in [0.29, 0.717) is 6.54 Å². The van der Waals surface area contributed by atoms with Crippen LogP contribution in [0, 0.1) is 0 Å². The van der Waals surface area contributed by atoms with E-state index in [1.54, 1.807) is 37.0 Å². The highest BCUT2D eigenvalue weighted by Crippen LogP contribution is 1.99. The zero-order chi connectivity index (χ0) is 12.2. The Morgan fingerprint density at radius 2 is 2.19 bits per heavy atom. The molecule has 1 heterocycles. The fourth-order valence-electron chi connectivity index (χ4n) is 1.25. The van der Waals surface area contributed by atoms with Gasteiger partial charge in [-0.05, 0) is 19.9 Å². The molecule has 0 aliphatic carbocycles. The van der Waals surface area contributed by atoms with Gasteiger partial charge in [-0.15, -0.1) is 0 Å². The molecule has 0 radical (unpaired) electrons. The third-order valence-corrected chi connectivity index (χ3v) is 4.23. The van der Waals surface area contributed by atoms with Crippen molar-refractivity contribution in [2.75, 3.05) is 6.54 Å². The molecule has 0 spiro atoms. The van der Waals surface area contributed by atoms with Gasteiger partial charge in [-0.2, -0.15) is 5.10 Å². The predicted octanol–water partition coefficient (Wildman–Crippen LogP) is -0.462. The molecule has 16 heavy (non-hydrogen) atoms. The van der Waals surface area contributed by atoms with Gasteiger partial charge in [-0.1, -0.05) is 0 Å². The number of sulfonamides is 1. The topological polar surface area (TPSA) is 90.0 Å². The Hall–Kier alpha value is -0.920. The number of rotatable bonds is 6. The van der Waals surface area contributed by atoms with Crippen LogP contribution < -0.4 is 10.5 Å². The van der Waals surface area contributed by atoms with E-state index < -0.39 is 15.3 Å². The summed E-state index contributed by atoms with van der Waals surface area (Å²) in [5.74, 6) is 0. The van der Waals surface area contributed by atoms with Crippen LogP contribution in [0.4, 0.5) is 0 Å². The lowest BCUT2D eigenvalue weighted by molar-refractivity contribution is 0.489. The van der Waals surface area contributed by atoms with E-state index in [4.69, 9.17) is 5.73 Å². The Labute approximate surface area is 95.9 Å². The average Bonchev–Trinajstić information content (AvgIpc) is 2.67. The molecule has 92 valence electrons. The number of aromatic nitrogens is 2. The molecule has 6 nitrogen and oxygen atoms in total. The number of hydrogen-bond acceptors (Lipinski definition) is 4. The van der Waals surface area contributed by atoms with Crippen LogP contribution in [0.1, 0.15) is 13.8 Å². The average molecular weight is 246 g/mol. The van der Waals surface area contributed by atoms with Crippen LogP contribution >= 0.6 is 0 Å². The van der Waals surface area contributed by atoms with Gasteiger partial charge >= 0.3 is 0 Å². The lowest BCUT2D eigenvalue weighted by atomic mass is 10.4. The zero-order valence-corrected chi connectivity index (χ0v) is 10.3. The molecule has 2 unspecified atom stereocenters. The Bertz CT molecular complexity index is 401. The molecule has 1 aromatic rings. The Balaban J connectivity index is 2.54. The standard InChI is InChI=1S/C9H18N4O2S/c1-8(7-13-5-3-4-11-13)12-16(14,15)9(2)6-10/h3-5,8-9,12H,6-7,10H2,1-2H3. The van der Waals surface area contributed by atoms with Gasteiger partial charge in [0.2, 0.25) is 10.0 Å². The van der Waals surface area contributed by atoms with Gasteiger partial charge in [0.1, 0.15) is 0 Å². The van der Waals surface area contributed by atoms with Gasteiger partial charge in [-0.3, -0.25) is 4.68 Å². The van der Waals surface area contributed by atoms with Crippen molar-refractivity contribution in [3.8, 4) is 0 Å². The molecule has 0 aliphatic rings. The molecule has 7 heteroatoms. The molecule has 0 saturated carbocycles. The van der Waals surface area contributed by atoms with Crippen LogP contribution in [-0.2, 0) is 16.6 Å². The summed E-state index contributed by atoms with van der Waals surface area (Å²) in [4.78, 5) is 0. The monoisotopic (exact) mass is 246 g/mol. The molecule has 2 atom stereocenters. The van der Waals surface area contributed by atoms with Gasteiger partial charge in [0.15, 0.2) is 0 Å². The van der Waals surface area contributed by atoms with E-state index in [-0.39, 0.29) is 12.6 Å². The summed E-state index contributed by atoms with van der Waals surface area (Å²) < 4.78 is 27.6. The lowest BCUT2D eigenvalue weighted by Crippen LogP contribution is -2.43. The van der Waals surface area contributed by atoms with Crippen molar-refractivity contribution in [3.63, 3.8) is 0 Å². The SMILES string of the molecule is CC(Cn1cccn1)NS(=O)(=O)C(C)CN. The number of nitrogens with one attached hydrogen (secondary N) is 1. The highest BCUT2D eigenvalue weighted by atomic mass is 32.2. The quantitative estimate of drug-likeness (QED) is 0.710. The van der Waals surface area contributed by atoms with Crippen molar-refractivity contribution in [1.82, 2.24) is 14.5 Å². The van der Waals surface area contributed by atoms with Gasteiger partial charge < -0.3 is 5.73 Å². The molecule has 0 fully saturated rings. The molecule has 0 amide bonds. The molecular weight excluding hydrogens is 228 g/mol. The molecule has 0 saturated heterocycles. The molecule has 0 aliphatic heterocycles. The second-order valence-corrected chi connectivity index (χ2v) is 5.97. The van der Waals surface area contributed by atoms with E-state index in [1.165, 1.54) is 0 Å². The largest absolute Gasteiger partial charge is 0.329 e. The van der Waals surface area contributed by atoms with Crippen LogP contribution in [0.2, 0.25) is 0 Å². The second-order valence-electron chi connectivity index (χ2n) is 3.84. The van der Waals surface area contributed by atoms with E-state index in [9.17, 15) is 8.42 Å². The van der Waals surface area contributed by atoms with Gasteiger partial charge in [0, 0.05) is 25.0 Å². The summed E-state index contributed by atoms with van der Waals surface area (Å²) in [5, 5.41) is 3.43. The van der Waals surface area contributed by atoms with Gasteiger partial charge in [0.05, 0.1) is 11.8 Å². The highest BCUT2D eigenvalue weighted by Gasteiger charge is 2.21. The smallest absolute Gasteiger partial charge is 0.215 e. The van der Waals surface area contributed by atoms with E-state index in [1.807, 2.05) is 0 Å². The molecule has 1 aromatic heterocycles. The molecule has 3 N–H and O–H groups in total. The van der Waals surface area contributed by atoms with Crippen molar-refractivity contribution in [2.45, 2.75) is 31.7 Å². The van der Waals surface area contributed by atoms with Gasteiger partial charge in [0.25, 0.3) is 0 Å². The maximum absolute atomic E-state index is 11.7. The van der Waals surface area contributed by atoms with Crippen LogP contribution in [0.3, 0.4) is 0 Å². The summed E-state index contributed by atoms with van der Waals surface area (Å²) in [6, 6.07) is 1.59. The van der Waals surface area contributed by atoms with E-state index >= 15 is 0 Å². The van der Waals surface area contributed by atoms with Crippen molar-refractivity contribution in [3.05, 3.63) is 18.5 Å². The molecule has 0 aromatic carbocycles. The lowest BCUT2D eigenvalue weighted by Gasteiger charge is -2.17. The predicted molar refractivity (Wildman–Crippen MR) is 62.3 cm³/mol. The Kier molecular flexibility index (Phi) is 4.45. The molecular formula is C9H18N4O2S. The van der Waals surface area contributed by atoms with Crippen molar-refractivity contribution in [1.29, 1.82) is 0 Å². The first kappa shape index (κ1) is 13.1. The summed E-state index contributed by atoms with van der Waals surface area (Å²) in [5.41, 5.74) is 5.33. The fourth-order valence-corrected chi connectivity index (χ4v) is 2.37. The van der Waals surface area contributed by atoms with Crippen molar-refractivity contribution in [2.24, 2.45) is 5.73 Å². The minimum absolute atomic E-state index is 0.115. The molecule has 1 rings (SSSR count). The second kappa shape index (κ2) is 5.42. The third-order valence-electron chi connectivity index (χ3n) is 2.25. The van der Waals surface area contributed by atoms with E-state index in [2.05, 4.69) is 9.82 Å². The summed E-state index contributed by atoms with van der Waals surface area (Å²) in [7, 11) is -3.33. The molecule has 0 bridgehead atoms. The van der Waals surface area contributed by atoms with Crippen molar-refractivity contribution < 1.29 is 8.42 Å². The van der Waals surface area contributed by atoms with Crippen LogP contribution in [-0.4, -0.2) is 36.0 Å². The van der Waals surface area contributed by atoms with E-state index in [0.717, 1.165) is 0 Å².